The second kappa shape index (κ2) is 1.98. The lowest BCUT2D eigenvalue weighted by Crippen LogP contribution is -2.58. The highest BCUT2D eigenvalue weighted by Gasteiger charge is 2.36. The largest absolute Gasteiger partial charge is 0.296 e. The Balaban J connectivity index is 2.45. The molecule has 0 aliphatic carbocycles. The third-order valence-corrected chi connectivity index (χ3v) is 2.37. The molecule has 0 N–H and O–H groups in total. The summed E-state index contributed by atoms with van der Waals surface area (Å²) in [5.41, 5.74) is 0.494. The first-order chi connectivity index (χ1) is 4.04. The summed E-state index contributed by atoms with van der Waals surface area (Å²) in [6, 6.07) is 0.730. The van der Waals surface area contributed by atoms with Gasteiger partial charge in [-0.25, -0.2) is 0 Å². The molecule has 0 aromatic carbocycles. The molecule has 0 bridgehead atoms. The number of rotatable bonds is 1. The van der Waals surface area contributed by atoms with E-state index in [0.29, 0.717) is 5.54 Å². The van der Waals surface area contributed by atoms with Crippen LogP contribution >= 0.6 is 0 Å². The second-order valence-corrected chi connectivity index (χ2v) is 3.85. The van der Waals surface area contributed by atoms with Gasteiger partial charge >= 0.3 is 0 Å². The van der Waals surface area contributed by atoms with Gasteiger partial charge in [0.2, 0.25) is 0 Å². The van der Waals surface area contributed by atoms with Crippen LogP contribution in [0, 0.1) is 0 Å². The van der Waals surface area contributed by atoms with Gasteiger partial charge < -0.3 is 0 Å². The molecule has 1 fully saturated rings. The summed E-state index contributed by atoms with van der Waals surface area (Å²) in [5, 5.41) is 0. The van der Waals surface area contributed by atoms with Crippen LogP contribution < -0.4 is 0 Å². The van der Waals surface area contributed by atoms with Crippen LogP contribution in [0.4, 0.5) is 0 Å². The maximum Gasteiger partial charge on any atom is 0.0168 e. The minimum absolute atomic E-state index is 0.494. The van der Waals surface area contributed by atoms with E-state index in [1.807, 2.05) is 0 Å². The lowest BCUT2D eigenvalue weighted by atomic mass is 9.87. The molecular formula is C8H17N. The van der Waals surface area contributed by atoms with Gasteiger partial charge in [0.1, 0.15) is 0 Å². The predicted molar refractivity (Wildman–Crippen MR) is 40.5 cm³/mol. The van der Waals surface area contributed by atoms with Crippen molar-refractivity contribution in [3.63, 3.8) is 0 Å². The van der Waals surface area contributed by atoms with E-state index < -0.39 is 0 Å². The molecule has 0 aromatic rings. The van der Waals surface area contributed by atoms with Crippen LogP contribution in [-0.4, -0.2) is 23.0 Å². The van der Waals surface area contributed by atoms with Gasteiger partial charge in [0.25, 0.3) is 0 Å². The van der Waals surface area contributed by atoms with E-state index in [9.17, 15) is 0 Å². The normalized spacial score (nSPS) is 26.3. The van der Waals surface area contributed by atoms with Crippen LogP contribution in [0.5, 0.6) is 0 Å². The molecule has 0 spiro atoms. The molecule has 1 saturated heterocycles. The summed E-state index contributed by atoms with van der Waals surface area (Å²) in [4.78, 5) is 2.53. The Morgan fingerprint density at radius 2 is 1.89 bits per heavy atom. The molecule has 54 valence electrons. The molecule has 0 aromatic heterocycles. The summed E-state index contributed by atoms with van der Waals surface area (Å²) in [6.45, 7) is 10.5. The molecule has 0 atom stereocenters. The molecule has 1 aliphatic rings. The first-order valence-electron chi connectivity index (χ1n) is 3.81. The monoisotopic (exact) mass is 127 g/mol. The number of nitrogens with zero attached hydrogens (tertiary/aromatic N) is 1. The standard InChI is InChI=1S/C8H17N/c1-7(2)9-6-5-8(9,3)4/h7H,5-6H2,1-4H3. The van der Waals surface area contributed by atoms with Gasteiger partial charge in [-0.15, -0.1) is 0 Å². The zero-order chi connectivity index (χ0) is 7.07. The minimum Gasteiger partial charge on any atom is -0.296 e. The van der Waals surface area contributed by atoms with Gasteiger partial charge in [-0.05, 0) is 34.1 Å². The van der Waals surface area contributed by atoms with Gasteiger partial charge in [-0.2, -0.15) is 0 Å². The Labute approximate surface area is 58.0 Å². The minimum atomic E-state index is 0.494. The van der Waals surface area contributed by atoms with E-state index in [1.54, 1.807) is 0 Å². The Morgan fingerprint density at radius 1 is 1.33 bits per heavy atom. The van der Waals surface area contributed by atoms with E-state index in [4.69, 9.17) is 0 Å². The highest BCUT2D eigenvalue weighted by atomic mass is 15.3. The Bertz CT molecular complexity index is 105. The van der Waals surface area contributed by atoms with Gasteiger partial charge in [-0.1, -0.05) is 0 Å². The number of likely N-dealkylation sites (tertiary alicyclic amines) is 1. The molecule has 0 amide bonds. The van der Waals surface area contributed by atoms with Crippen LogP contribution in [0.25, 0.3) is 0 Å². The third-order valence-electron chi connectivity index (χ3n) is 2.37. The van der Waals surface area contributed by atoms with E-state index in [2.05, 4.69) is 32.6 Å². The van der Waals surface area contributed by atoms with Crippen molar-refractivity contribution in [1.82, 2.24) is 4.90 Å². The molecule has 1 nitrogen and oxygen atoms in total. The molecule has 9 heavy (non-hydrogen) atoms. The zero-order valence-electron chi connectivity index (χ0n) is 6.94. The SMILES string of the molecule is CC(C)N1CCC1(C)C. The molecule has 1 aliphatic heterocycles. The highest BCUT2D eigenvalue weighted by Crippen LogP contribution is 2.30. The number of hydrogen-bond donors (Lipinski definition) is 0. The first-order valence-corrected chi connectivity index (χ1v) is 3.81. The maximum absolute atomic E-state index is 2.53. The van der Waals surface area contributed by atoms with E-state index in [1.165, 1.54) is 13.0 Å². The first kappa shape index (κ1) is 7.07. The highest BCUT2D eigenvalue weighted by molar-refractivity contribution is 4.93. The van der Waals surface area contributed by atoms with Gasteiger partial charge in [0, 0.05) is 18.1 Å². The topological polar surface area (TPSA) is 3.24 Å². The fraction of sp³-hybridized carbons (Fsp3) is 1.00. The fourth-order valence-corrected chi connectivity index (χ4v) is 1.65. The molecular weight excluding hydrogens is 110 g/mol. The van der Waals surface area contributed by atoms with Crippen LogP contribution in [0.3, 0.4) is 0 Å². The summed E-state index contributed by atoms with van der Waals surface area (Å²) in [5.74, 6) is 0. The van der Waals surface area contributed by atoms with Crippen LogP contribution in [0.15, 0.2) is 0 Å². The molecule has 1 heterocycles. The average Bonchev–Trinajstić information content (AvgIpc) is 1.62. The Hall–Kier alpha value is -0.0400. The molecule has 0 radical (unpaired) electrons. The summed E-state index contributed by atoms with van der Waals surface area (Å²) >= 11 is 0. The molecule has 0 unspecified atom stereocenters. The fourth-order valence-electron chi connectivity index (χ4n) is 1.65. The summed E-state index contributed by atoms with van der Waals surface area (Å²) in [6.07, 6.45) is 1.37. The zero-order valence-corrected chi connectivity index (χ0v) is 6.94. The van der Waals surface area contributed by atoms with E-state index in [0.717, 1.165) is 6.04 Å². The van der Waals surface area contributed by atoms with Crippen LogP contribution in [-0.2, 0) is 0 Å². The lowest BCUT2D eigenvalue weighted by Gasteiger charge is -2.51. The van der Waals surface area contributed by atoms with Gasteiger partial charge in [0.15, 0.2) is 0 Å². The maximum atomic E-state index is 2.53. The number of hydrogen-bond acceptors (Lipinski definition) is 1. The Kier molecular flexibility index (Phi) is 1.55. The van der Waals surface area contributed by atoms with E-state index >= 15 is 0 Å². The smallest absolute Gasteiger partial charge is 0.0168 e. The van der Waals surface area contributed by atoms with Crippen molar-refractivity contribution < 1.29 is 0 Å². The quantitative estimate of drug-likeness (QED) is 0.520. The van der Waals surface area contributed by atoms with Crippen molar-refractivity contribution in [2.75, 3.05) is 6.54 Å². The summed E-state index contributed by atoms with van der Waals surface area (Å²) in [7, 11) is 0. The second-order valence-electron chi connectivity index (χ2n) is 3.85. The van der Waals surface area contributed by atoms with Crippen LogP contribution in [0.1, 0.15) is 34.1 Å². The van der Waals surface area contributed by atoms with Crippen molar-refractivity contribution in [2.45, 2.75) is 45.7 Å². The van der Waals surface area contributed by atoms with Crippen molar-refractivity contribution in [3.8, 4) is 0 Å². The lowest BCUT2D eigenvalue weighted by molar-refractivity contribution is -0.0120. The van der Waals surface area contributed by atoms with Gasteiger partial charge in [0.05, 0.1) is 0 Å². The Morgan fingerprint density at radius 3 is 1.89 bits per heavy atom. The van der Waals surface area contributed by atoms with Crippen LogP contribution in [0.2, 0.25) is 0 Å². The van der Waals surface area contributed by atoms with E-state index in [-0.39, 0.29) is 0 Å². The van der Waals surface area contributed by atoms with Gasteiger partial charge in [-0.3, -0.25) is 4.90 Å². The molecule has 0 saturated carbocycles. The van der Waals surface area contributed by atoms with Crippen molar-refractivity contribution in [1.29, 1.82) is 0 Å². The predicted octanol–water partition coefficient (Wildman–Crippen LogP) is 1.88. The molecule has 1 heteroatoms. The van der Waals surface area contributed by atoms with Crippen molar-refractivity contribution in [2.24, 2.45) is 0 Å². The summed E-state index contributed by atoms with van der Waals surface area (Å²) < 4.78 is 0. The average molecular weight is 127 g/mol. The van der Waals surface area contributed by atoms with Crippen molar-refractivity contribution in [3.05, 3.63) is 0 Å². The third kappa shape index (κ3) is 1.11. The molecule has 1 rings (SSSR count). The van der Waals surface area contributed by atoms with Crippen molar-refractivity contribution >= 4 is 0 Å².